The zero-order chi connectivity index (χ0) is 12.2. The lowest BCUT2D eigenvalue weighted by molar-refractivity contribution is -0.157. The molecule has 0 heterocycles. The topological polar surface area (TPSA) is 46.2 Å². The third kappa shape index (κ3) is 1.67. The van der Waals surface area contributed by atoms with Crippen LogP contribution in [0.25, 0.3) is 0 Å². The van der Waals surface area contributed by atoms with Crippen LogP contribution < -0.4 is 5.73 Å². The van der Waals surface area contributed by atoms with Crippen LogP contribution >= 0.6 is 0 Å². The molecule has 4 aliphatic carbocycles. The maximum Gasteiger partial charge on any atom is 0.0825 e. The molecule has 0 amide bonds. The summed E-state index contributed by atoms with van der Waals surface area (Å²) in [5.41, 5.74) is 5.33. The first-order chi connectivity index (χ1) is 8.04. The molecule has 2 nitrogen and oxygen atoms in total. The molecule has 0 aromatic carbocycles. The lowest BCUT2D eigenvalue weighted by atomic mass is 9.48. The second-order valence-electron chi connectivity index (χ2n) is 7.31. The summed E-state index contributed by atoms with van der Waals surface area (Å²) in [6.45, 7) is 4.72. The fourth-order valence-corrected chi connectivity index (χ4v) is 5.50. The van der Waals surface area contributed by atoms with Gasteiger partial charge < -0.3 is 10.8 Å². The number of rotatable bonds is 3. The molecule has 0 saturated heterocycles. The summed E-state index contributed by atoms with van der Waals surface area (Å²) in [5, 5.41) is 11.0. The number of hydrogen-bond donors (Lipinski definition) is 2. The Kier molecular flexibility index (Phi) is 2.79. The van der Waals surface area contributed by atoms with Gasteiger partial charge >= 0.3 is 0 Å². The molecule has 1 atom stereocenters. The molecule has 0 radical (unpaired) electrons. The van der Waals surface area contributed by atoms with Gasteiger partial charge in [-0.05, 0) is 67.6 Å². The van der Waals surface area contributed by atoms with E-state index in [9.17, 15) is 5.11 Å². The lowest BCUT2D eigenvalue weighted by Gasteiger charge is -2.59. The van der Waals surface area contributed by atoms with E-state index in [0.717, 1.165) is 23.7 Å². The molecule has 0 aromatic heterocycles. The normalized spacial score (nSPS) is 47.5. The van der Waals surface area contributed by atoms with E-state index < -0.39 is 5.60 Å². The maximum atomic E-state index is 11.0. The minimum Gasteiger partial charge on any atom is -0.388 e. The molecule has 17 heavy (non-hydrogen) atoms. The van der Waals surface area contributed by atoms with Crippen molar-refractivity contribution in [1.29, 1.82) is 0 Å². The van der Waals surface area contributed by atoms with Gasteiger partial charge in [0, 0.05) is 6.54 Å². The molecule has 1 unspecified atom stereocenters. The zero-order valence-corrected chi connectivity index (χ0v) is 11.2. The van der Waals surface area contributed by atoms with Gasteiger partial charge in [0.2, 0.25) is 0 Å². The molecule has 4 saturated carbocycles. The van der Waals surface area contributed by atoms with Crippen molar-refractivity contribution in [2.24, 2.45) is 41.2 Å². The van der Waals surface area contributed by atoms with E-state index >= 15 is 0 Å². The molecule has 3 N–H and O–H groups in total. The Labute approximate surface area is 105 Å². The summed E-state index contributed by atoms with van der Waals surface area (Å²) < 4.78 is 0. The highest BCUT2D eigenvalue weighted by Gasteiger charge is 2.55. The monoisotopic (exact) mass is 237 g/mol. The van der Waals surface area contributed by atoms with E-state index in [1.165, 1.54) is 32.1 Å². The SMILES string of the molecule is CC(C)C(O)(CN)C1C2CC3CC(C2)CC1C3. The van der Waals surface area contributed by atoms with Crippen LogP contribution in [0.15, 0.2) is 0 Å². The summed E-state index contributed by atoms with van der Waals surface area (Å²) in [5.74, 6) is 4.26. The molecular formula is C15H27NO. The Bertz CT molecular complexity index is 273. The summed E-state index contributed by atoms with van der Waals surface area (Å²) in [4.78, 5) is 0. The highest BCUT2D eigenvalue weighted by Crippen LogP contribution is 2.59. The summed E-state index contributed by atoms with van der Waals surface area (Å²) in [7, 11) is 0. The maximum absolute atomic E-state index is 11.0. The highest BCUT2D eigenvalue weighted by molar-refractivity contribution is 5.06. The average molecular weight is 237 g/mol. The van der Waals surface area contributed by atoms with Crippen molar-refractivity contribution in [3.8, 4) is 0 Å². The Hall–Kier alpha value is -0.0800. The van der Waals surface area contributed by atoms with Crippen LogP contribution in [0.5, 0.6) is 0 Å². The Balaban J connectivity index is 1.88. The smallest absolute Gasteiger partial charge is 0.0825 e. The quantitative estimate of drug-likeness (QED) is 0.792. The first-order valence-corrected chi connectivity index (χ1v) is 7.47. The van der Waals surface area contributed by atoms with Gasteiger partial charge in [-0.1, -0.05) is 13.8 Å². The standard InChI is InChI=1S/C15H27NO/c1-9(2)15(17,8-16)14-12-4-10-3-11(6-12)7-13(14)5-10/h9-14,17H,3-8,16H2,1-2H3. The van der Waals surface area contributed by atoms with Crippen molar-refractivity contribution < 1.29 is 5.11 Å². The third-order valence-corrected chi connectivity index (χ3v) is 6.13. The molecule has 98 valence electrons. The van der Waals surface area contributed by atoms with E-state index in [2.05, 4.69) is 13.8 Å². The predicted molar refractivity (Wildman–Crippen MR) is 69.4 cm³/mol. The molecule has 2 heteroatoms. The van der Waals surface area contributed by atoms with Crippen molar-refractivity contribution in [2.45, 2.75) is 51.6 Å². The fourth-order valence-electron chi connectivity index (χ4n) is 5.50. The van der Waals surface area contributed by atoms with Crippen molar-refractivity contribution >= 4 is 0 Å². The van der Waals surface area contributed by atoms with Gasteiger partial charge in [0.1, 0.15) is 0 Å². The minimum absolute atomic E-state index is 0.287. The second-order valence-corrected chi connectivity index (χ2v) is 7.31. The van der Waals surface area contributed by atoms with Gasteiger partial charge in [0.05, 0.1) is 5.60 Å². The first kappa shape index (κ1) is 12.0. The third-order valence-electron chi connectivity index (χ3n) is 6.13. The molecule has 4 aliphatic rings. The van der Waals surface area contributed by atoms with E-state index in [1.807, 2.05) is 0 Å². The molecule has 0 aromatic rings. The number of hydrogen-bond acceptors (Lipinski definition) is 2. The second kappa shape index (κ2) is 3.96. The molecule has 4 rings (SSSR count). The molecule has 4 bridgehead atoms. The Morgan fingerprint density at radius 3 is 1.88 bits per heavy atom. The van der Waals surface area contributed by atoms with Crippen LogP contribution in [0.1, 0.15) is 46.0 Å². The largest absolute Gasteiger partial charge is 0.388 e. The predicted octanol–water partition coefficient (Wildman–Crippen LogP) is 2.40. The Morgan fingerprint density at radius 1 is 1.06 bits per heavy atom. The minimum atomic E-state index is -0.609. The van der Waals surface area contributed by atoms with Crippen molar-refractivity contribution in [2.75, 3.05) is 6.54 Å². The van der Waals surface area contributed by atoms with Crippen molar-refractivity contribution in [3.63, 3.8) is 0 Å². The van der Waals surface area contributed by atoms with Crippen molar-refractivity contribution in [3.05, 3.63) is 0 Å². The van der Waals surface area contributed by atoms with Crippen LogP contribution in [-0.2, 0) is 0 Å². The van der Waals surface area contributed by atoms with Crippen LogP contribution in [0, 0.1) is 35.5 Å². The van der Waals surface area contributed by atoms with Gasteiger partial charge in [0.25, 0.3) is 0 Å². The lowest BCUT2D eigenvalue weighted by Crippen LogP contribution is -2.60. The average Bonchev–Trinajstić information content (AvgIpc) is 2.26. The Morgan fingerprint density at radius 2 is 1.53 bits per heavy atom. The van der Waals surface area contributed by atoms with Gasteiger partial charge in [-0.3, -0.25) is 0 Å². The van der Waals surface area contributed by atoms with Gasteiger partial charge in [-0.25, -0.2) is 0 Å². The number of nitrogens with two attached hydrogens (primary N) is 1. The van der Waals surface area contributed by atoms with E-state index in [0.29, 0.717) is 12.5 Å². The molecule has 4 fully saturated rings. The molecular weight excluding hydrogens is 210 g/mol. The van der Waals surface area contributed by atoms with Crippen LogP contribution in [0.3, 0.4) is 0 Å². The van der Waals surface area contributed by atoms with Crippen LogP contribution in [0.4, 0.5) is 0 Å². The van der Waals surface area contributed by atoms with Crippen LogP contribution in [-0.4, -0.2) is 17.3 Å². The van der Waals surface area contributed by atoms with Crippen molar-refractivity contribution in [1.82, 2.24) is 0 Å². The number of aliphatic hydroxyl groups is 1. The van der Waals surface area contributed by atoms with E-state index in [1.54, 1.807) is 0 Å². The van der Waals surface area contributed by atoms with Crippen LogP contribution in [0.2, 0.25) is 0 Å². The summed E-state index contributed by atoms with van der Waals surface area (Å²) >= 11 is 0. The fraction of sp³-hybridized carbons (Fsp3) is 1.00. The van der Waals surface area contributed by atoms with E-state index in [4.69, 9.17) is 5.73 Å². The van der Waals surface area contributed by atoms with Gasteiger partial charge in [-0.15, -0.1) is 0 Å². The van der Waals surface area contributed by atoms with E-state index in [-0.39, 0.29) is 5.92 Å². The zero-order valence-electron chi connectivity index (χ0n) is 11.2. The summed E-state index contributed by atoms with van der Waals surface area (Å²) in [6, 6.07) is 0. The molecule has 0 spiro atoms. The van der Waals surface area contributed by atoms with Gasteiger partial charge in [0.15, 0.2) is 0 Å². The summed E-state index contributed by atoms with van der Waals surface area (Å²) in [6.07, 6.45) is 6.95. The van der Waals surface area contributed by atoms with Gasteiger partial charge in [-0.2, -0.15) is 0 Å². The first-order valence-electron chi connectivity index (χ1n) is 7.47. The molecule has 0 aliphatic heterocycles. The highest BCUT2D eigenvalue weighted by atomic mass is 16.3.